The number of aromatic nitrogens is 2. The molecule has 0 spiro atoms. The van der Waals surface area contributed by atoms with Gasteiger partial charge in [0.05, 0.1) is 26.5 Å². The predicted molar refractivity (Wildman–Crippen MR) is 81.2 cm³/mol. The van der Waals surface area contributed by atoms with Crippen molar-refractivity contribution in [2.45, 2.75) is 25.9 Å². The van der Waals surface area contributed by atoms with Crippen LogP contribution in [0.1, 0.15) is 30.5 Å². The van der Waals surface area contributed by atoms with Crippen LogP contribution in [0.4, 0.5) is 0 Å². The molecule has 2 aromatic rings. The molecule has 1 heterocycles. The smallest absolute Gasteiger partial charge is 0.127 e. The fourth-order valence-electron chi connectivity index (χ4n) is 2.30. The zero-order chi connectivity index (χ0) is 15.2. The number of nitrogens with zero attached hydrogens (tertiary/aromatic N) is 2. The molecule has 3 N–H and O–H groups in total. The quantitative estimate of drug-likeness (QED) is 0.601. The molecule has 0 aliphatic carbocycles. The van der Waals surface area contributed by atoms with E-state index in [1.54, 1.807) is 14.2 Å². The highest BCUT2D eigenvalue weighted by molar-refractivity contribution is 5.45. The van der Waals surface area contributed by atoms with Gasteiger partial charge in [-0.2, -0.15) is 5.10 Å². The summed E-state index contributed by atoms with van der Waals surface area (Å²) in [6, 6.07) is 5.49. The van der Waals surface area contributed by atoms with Crippen molar-refractivity contribution >= 4 is 0 Å². The maximum Gasteiger partial charge on any atom is 0.127 e. The fraction of sp³-hybridized carbons (Fsp3) is 0.400. The van der Waals surface area contributed by atoms with Crippen LogP contribution in [0.25, 0.3) is 0 Å². The first-order chi connectivity index (χ1) is 10.2. The van der Waals surface area contributed by atoms with Crippen LogP contribution >= 0.6 is 0 Å². The lowest BCUT2D eigenvalue weighted by molar-refractivity contribution is 0.387. The predicted octanol–water partition coefficient (Wildman–Crippen LogP) is 1.86. The second-order valence-corrected chi connectivity index (χ2v) is 4.74. The largest absolute Gasteiger partial charge is 0.497 e. The molecule has 114 valence electrons. The van der Waals surface area contributed by atoms with Crippen molar-refractivity contribution in [3.63, 3.8) is 0 Å². The van der Waals surface area contributed by atoms with Crippen molar-refractivity contribution in [1.82, 2.24) is 15.2 Å². The number of nitrogens with two attached hydrogens (primary N) is 1. The molecule has 0 radical (unpaired) electrons. The Balaban J connectivity index is 2.35. The second-order valence-electron chi connectivity index (χ2n) is 4.74. The van der Waals surface area contributed by atoms with Gasteiger partial charge in [0.1, 0.15) is 11.5 Å². The van der Waals surface area contributed by atoms with E-state index in [-0.39, 0.29) is 6.04 Å². The van der Waals surface area contributed by atoms with Gasteiger partial charge in [-0.3, -0.25) is 10.5 Å². The molecule has 2 rings (SSSR count). The Morgan fingerprint density at radius 2 is 2.14 bits per heavy atom. The van der Waals surface area contributed by atoms with E-state index in [0.717, 1.165) is 35.6 Å². The van der Waals surface area contributed by atoms with Gasteiger partial charge in [0.25, 0.3) is 0 Å². The Bertz CT molecular complexity index is 583. The molecule has 0 aliphatic rings. The minimum Gasteiger partial charge on any atom is -0.497 e. The summed E-state index contributed by atoms with van der Waals surface area (Å²) in [5.41, 5.74) is 4.76. The maximum absolute atomic E-state index is 5.74. The number of benzene rings is 1. The highest BCUT2D eigenvalue weighted by Crippen LogP contribution is 2.32. The van der Waals surface area contributed by atoms with Gasteiger partial charge >= 0.3 is 0 Å². The summed E-state index contributed by atoms with van der Waals surface area (Å²) in [5, 5.41) is 4.35. The average Bonchev–Trinajstić information content (AvgIpc) is 2.97. The molecule has 0 aliphatic heterocycles. The molecule has 6 nitrogen and oxygen atoms in total. The van der Waals surface area contributed by atoms with Crippen molar-refractivity contribution in [3.8, 4) is 11.5 Å². The number of nitrogens with one attached hydrogen (secondary N) is 1. The van der Waals surface area contributed by atoms with Gasteiger partial charge in [-0.05, 0) is 18.6 Å². The second kappa shape index (κ2) is 7.10. The number of hydrogen-bond donors (Lipinski definition) is 2. The standard InChI is InChI=1S/C15H22N4O2/c1-4-7-19-10-11(9-17-19)15(18-16)13-6-5-12(20-2)8-14(13)21-3/h5-6,8-10,15,18H,4,7,16H2,1-3H3. The summed E-state index contributed by atoms with van der Waals surface area (Å²) < 4.78 is 12.6. The van der Waals surface area contributed by atoms with Gasteiger partial charge < -0.3 is 9.47 Å². The van der Waals surface area contributed by atoms with E-state index < -0.39 is 0 Å². The van der Waals surface area contributed by atoms with E-state index in [4.69, 9.17) is 15.3 Å². The van der Waals surface area contributed by atoms with Crippen LogP contribution in [0, 0.1) is 0 Å². The van der Waals surface area contributed by atoms with Gasteiger partial charge in [0.15, 0.2) is 0 Å². The summed E-state index contributed by atoms with van der Waals surface area (Å²) in [6.45, 7) is 3.00. The molecular formula is C15H22N4O2. The zero-order valence-electron chi connectivity index (χ0n) is 12.7. The first kappa shape index (κ1) is 15.3. The Kier molecular flexibility index (Phi) is 5.19. The van der Waals surface area contributed by atoms with E-state index in [0.29, 0.717) is 0 Å². The van der Waals surface area contributed by atoms with Crippen molar-refractivity contribution < 1.29 is 9.47 Å². The van der Waals surface area contributed by atoms with E-state index >= 15 is 0 Å². The van der Waals surface area contributed by atoms with Gasteiger partial charge in [0, 0.05) is 29.9 Å². The minimum absolute atomic E-state index is 0.184. The molecule has 0 fully saturated rings. The number of aryl methyl sites for hydroxylation is 1. The monoisotopic (exact) mass is 290 g/mol. The number of ether oxygens (including phenoxy) is 2. The summed E-state index contributed by atoms with van der Waals surface area (Å²) in [7, 11) is 3.26. The van der Waals surface area contributed by atoms with E-state index in [9.17, 15) is 0 Å². The third-order valence-corrected chi connectivity index (χ3v) is 3.36. The molecule has 6 heteroatoms. The fourth-order valence-corrected chi connectivity index (χ4v) is 2.30. The van der Waals surface area contributed by atoms with Crippen molar-refractivity contribution in [1.29, 1.82) is 0 Å². The Morgan fingerprint density at radius 3 is 2.76 bits per heavy atom. The van der Waals surface area contributed by atoms with Crippen LogP contribution < -0.4 is 20.7 Å². The van der Waals surface area contributed by atoms with Gasteiger partial charge in [-0.25, -0.2) is 5.43 Å². The topological polar surface area (TPSA) is 74.3 Å². The van der Waals surface area contributed by atoms with Crippen molar-refractivity contribution in [2.75, 3.05) is 14.2 Å². The Hall–Kier alpha value is -2.05. The molecular weight excluding hydrogens is 268 g/mol. The lowest BCUT2D eigenvalue weighted by atomic mass is 10.0. The molecule has 1 aromatic heterocycles. The highest BCUT2D eigenvalue weighted by atomic mass is 16.5. The molecule has 21 heavy (non-hydrogen) atoms. The number of methoxy groups -OCH3 is 2. The van der Waals surface area contributed by atoms with E-state index in [1.165, 1.54) is 0 Å². The molecule has 1 unspecified atom stereocenters. The highest BCUT2D eigenvalue weighted by Gasteiger charge is 2.19. The Morgan fingerprint density at radius 1 is 1.33 bits per heavy atom. The van der Waals surface area contributed by atoms with Crippen molar-refractivity contribution in [3.05, 3.63) is 41.7 Å². The van der Waals surface area contributed by atoms with E-state index in [2.05, 4.69) is 17.4 Å². The summed E-state index contributed by atoms with van der Waals surface area (Å²) in [5.74, 6) is 7.21. The van der Waals surface area contributed by atoms with E-state index in [1.807, 2.05) is 35.3 Å². The number of rotatable bonds is 7. The molecule has 0 saturated heterocycles. The Labute approximate surface area is 124 Å². The van der Waals surface area contributed by atoms with Crippen LogP contribution in [0.15, 0.2) is 30.6 Å². The minimum atomic E-state index is -0.184. The van der Waals surface area contributed by atoms with Crippen LogP contribution in [0.5, 0.6) is 11.5 Å². The third kappa shape index (κ3) is 3.34. The van der Waals surface area contributed by atoms with Crippen LogP contribution in [-0.2, 0) is 6.54 Å². The summed E-state index contributed by atoms with van der Waals surface area (Å²) in [4.78, 5) is 0. The van der Waals surface area contributed by atoms with Crippen LogP contribution in [0.2, 0.25) is 0 Å². The summed E-state index contributed by atoms with van der Waals surface area (Å²) >= 11 is 0. The maximum atomic E-state index is 5.74. The number of hydrazine groups is 1. The molecule has 1 atom stereocenters. The van der Waals surface area contributed by atoms with Crippen LogP contribution in [0.3, 0.4) is 0 Å². The first-order valence-electron chi connectivity index (χ1n) is 6.93. The number of hydrogen-bond acceptors (Lipinski definition) is 5. The zero-order valence-corrected chi connectivity index (χ0v) is 12.7. The van der Waals surface area contributed by atoms with Crippen LogP contribution in [-0.4, -0.2) is 24.0 Å². The normalized spacial score (nSPS) is 12.2. The molecule has 1 aromatic carbocycles. The van der Waals surface area contributed by atoms with Crippen molar-refractivity contribution in [2.24, 2.45) is 5.84 Å². The van der Waals surface area contributed by atoms with Gasteiger partial charge in [-0.1, -0.05) is 6.92 Å². The third-order valence-electron chi connectivity index (χ3n) is 3.36. The van der Waals surface area contributed by atoms with Gasteiger partial charge in [0.2, 0.25) is 0 Å². The lowest BCUT2D eigenvalue weighted by Gasteiger charge is -2.18. The molecule has 0 bridgehead atoms. The SMILES string of the molecule is CCCn1cc(C(NN)c2ccc(OC)cc2OC)cn1. The summed E-state index contributed by atoms with van der Waals surface area (Å²) in [6.07, 6.45) is 4.86. The molecule has 0 saturated carbocycles. The lowest BCUT2D eigenvalue weighted by Crippen LogP contribution is -2.29. The first-order valence-corrected chi connectivity index (χ1v) is 6.93. The average molecular weight is 290 g/mol. The van der Waals surface area contributed by atoms with Gasteiger partial charge in [-0.15, -0.1) is 0 Å². The molecule has 0 amide bonds.